The molecule has 2 heterocycles. The highest BCUT2D eigenvalue weighted by Crippen LogP contribution is 2.49. The molecule has 6 nitrogen and oxygen atoms in total. The third-order valence-corrected chi connectivity index (χ3v) is 7.35. The molecule has 0 aromatic heterocycles. The zero-order valence-corrected chi connectivity index (χ0v) is 21.9. The van der Waals surface area contributed by atoms with E-state index in [-0.39, 0.29) is 19.3 Å². The molecule has 0 saturated heterocycles. The van der Waals surface area contributed by atoms with Crippen LogP contribution in [0.5, 0.6) is 23.0 Å². The summed E-state index contributed by atoms with van der Waals surface area (Å²) >= 11 is 19.3. The van der Waals surface area contributed by atoms with Crippen LogP contribution in [0, 0.1) is 11.3 Å². The number of fused-ring (bicyclic) bond motifs is 2. The molecule has 0 saturated carbocycles. The first-order chi connectivity index (χ1) is 16.4. The first-order valence-corrected chi connectivity index (χ1v) is 12.3. The molecule has 10 heteroatoms. The Labute approximate surface area is 222 Å². The fraction of sp³-hybridized carbons (Fsp3) is 0.125. The van der Waals surface area contributed by atoms with Gasteiger partial charge in [-0.1, -0.05) is 29.3 Å². The maximum Gasteiger partial charge on any atom is 0.231 e. The number of nitriles is 1. The number of hydrogen-bond donors (Lipinski definition) is 1. The van der Waals surface area contributed by atoms with Gasteiger partial charge in [-0.3, -0.25) is 0 Å². The molecule has 0 spiro atoms. The van der Waals surface area contributed by atoms with Crippen molar-refractivity contribution in [2.75, 3.05) is 6.79 Å². The van der Waals surface area contributed by atoms with Gasteiger partial charge in [0.15, 0.2) is 11.5 Å². The third kappa shape index (κ3) is 4.18. The van der Waals surface area contributed by atoms with Crippen molar-refractivity contribution >= 4 is 55.1 Å². The van der Waals surface area contributed by atoms with Crippen LogP contribution in [-0.4, -0.2) is 6.79 Å². The monoisotopic (exact) mass is 622 g/mol. The van der Waals surface area contributed by atoms with Crippen LogP contribution in [0.15, 0.2) is 62.9 Å². The minimum atomic E-state index is -0.472. The Hall–Kier alpha value is -2.57. The molecule has 0 radical (unpaired) electrons. The minimum absolute atomic E-state index is 0.0473. The van der Waals surface area contributed by atoms with Gasteiger partial charge in [0.1, 0.15) is 29.7 Å². The molecule has 3 aromatic rings. The Morgan fingerprint density at radius 3 is 2.38 bits per heavy atom. The summed E-state index contributed by atoms with van der Waals surface area (Å²) in [6.45, 7) is 0.409. The van der Waals surface area contributed by atoms with Gasteiger partial charge in [0.05, 0.1) is 24.9 Å². The highest BCUT2D eigenvalue weighted by molar-refractivity contribution is 9.11. The quantitative estimate of drug-likeness (QED) is 0.335. The number of benzene rings is 3. The lowest BCUT2D eigenvalue weighted by molar-refractivity contribution is 0.174. The molecule has 3 aromatic carbocycles. The fourth-order valence-corrected chi connectivity index (χ4v) is 5.63. The van der Waals surface area contributed by atoms with Crippen molar-refractivity contribution in [3.63, 3.8) is 0 Å². The topological polar surface area (TPSA) is 86.7 Å². The van der Waals surface area contributed by atoms with Gasteiger partial charge < -0.3 is 24.7 Å². The molecule has 34 heavy (non-hydrogen) atoms. The second-order valence-corrected chi connectivity index (χ2v) is 10.0. The van der Waals surface area contributed by atoms with Gasteiger partial charge in [-0.25, -0.2) is 0 Å². The molecule has 2 aliphatic rings. The first-order valence-electron chi connectivity index (χ1n) is 9.92. The van der Waals surface area contributed by atoms with Crippen molar-refractivity contribution in [1.29, 1.82) is 5.26 Å². The van der Waals surface area contributed by atoms with E-state index in [9.17, 15) is 5.26 Å². The van der Waals surface area contributed by atoms with E-state index in [1.807, 2.05) is 24.3 Å². The molecule has 0 aliphatic carbocycles. The van der Waals surface area contributed by atoms with Gasteiger partial charge >= 0.3 is 0 Å². The van der Waals surface area contributed by atoms with Crippen LogP contribution in [0.25, 0.3) is 0 Å². The Morgan fingerprint density at radius 2 is 1.71 bits per heavy atom. The van der Waals surface area contributed by atoms with Crippen LogP contribution in [0.1, 0.15) is 22.6 Å². The molecule has 172 valence electrons. The molecule has 0 bridgehead atoms. The van der Waals surface area contributed by atoms with Gasteiger partial charge in [-0.05, 0) is 73.3 Å². The smallest absolute Gasteiger partial charge is 0.231 e. The molecule has 1 atom stereocenters. The fourth-order valence-electron chi connectivity index (χ4n) is 3.86. The van der Waals surface area contributed by atoms with Crippen molar-refractivity contribution in [3.05, 3.63) is 89.6 Å². The van der Waals surface area contributed by atoms with Crippen LogP contribution in [0.2, 0.25) is 10.0 Å². The first kappa shape index (κ1) is 23.2. The zero-order valence-electron chi connectivity index (χ0n) is 17.2. The van der Waals surface area contributed by atoms with Gasteiger partial charge in [0.25, 0.3) is 0 Å². The van der Waals surface area contributed by atoms with Gasteiger partial charge in [0, 0.05) is 11.6 Å². The summed E-state index contributed by atoms with van der Waals surface area (Å²) in [7, 11) is 0. The lowest BCUT2D eigenvalue weighted by atomic mass is 9.83. The number of ether oxygens (including phenoxy) is 4. The molecular weight excluding hydrogens is 611 g/mol. The summed E-state index contributed by atoms with van der Waals surface area (Å²) in [5.74, 6) is 1.84. The molecule has 0 unspecified atom stereocenters. The normalized spacial score (nSPS) is 16.0. The SMILES string of the molecule is N#CC1=C(N)Oc2cc3c(cc2[C@H]1c1cc(Br)c(OCc2ccc(Cl)c(Cl)c2)c(Br)c1)OCO3. The summed E-state index contributed by atoms with van der Waals surface area (Å²) < 4.78 is 24.2. The Balaban J connectivity index is 1.51. The van der Waals surface area contributed by atoms with Crippen LogP contribution in [0.4, 0.5) is 0 Å². The average molecular weight is 625 g/mol. The number of halogens is 4. The second kappa shape index (κ2) is 9.23. The molecule has 0 amide bonds. The van der Waals surface area contributed by atoms with Crippen molar-refractivity contribution in [2.45, 2.75) is 12.5 Å². The van der Waals surface area contributed by atoms with Crippen molar-refractivity contribution in [2.24, 2.45) is 5.73 Å². The molecular formula is C24H14Br2Cl2N2O4. The highest BCUT2D eigenvalue weighted by atomic mass is 79.9. The van der Waals surface area contributed by atoms with E-state index in [2.05, 4.69) is 37.9 Å². The predicted molar refractivity (Wildman–Crippen MR) is 134 cm³/mol. The number of nitrogens with zero attached hydrogens (tertiary/aromatic N) is 1. The van der Waals surface area contributed by atoms with Crippen LogP contribution < -0.4 is 24.7 Å². The van der Waals surface area contributed by atoms with Crippen molar-refractivity contribution < 1.29 is 18.9 Å². The summed E-state index contributed by atoms with van der Waals surface area (Å²) in [6, 6.07) is 14.9. The number of nitrogens with two attached hydrogens (primary N) is 1. The van der Waals surface area contributed by atoms with Crippen molar-refractivity contribution in [1.82, 2.24) is 0 Å². The minimum Gasteiger partial charge on any atom is -0.487 e. The number of rotatable bonds is 4. The number of allylic oxidation sites excluding steroid dienone is 1. The maximum atomic E-state index is 9.87. The molecule has 2 N–H and O–H groups in total. The summed E-state index contributed by atoms with van der Waals surface area (Å²) in [6.07, 6.45) is 0. The third-order valence-electron chi connectivity index (χ3n) is 5.43. The van der Waals surface area contributed by atoms with Gasteiger partial charge in [-0.2, -0.15) is 5.26 Å². The highest BCUT2D eigenvalue weighted by Gasteiger charge is 2.34. The molecule has 0 fully saturated rings. The lowest BCUT2D eigenvalue weighted by Gasteiger charge is -2.27. The van der Waals surface area contributed by atoms with Crippen LogP contribution in [0.3, 0.4) is 0 Å². The van der Waals surface area contributed by atoms with E-state index in [1.165, 1.54) is 0 Å². The van der Waals surface area contributed by atoms with E-state index in [0.717, 1.165) is 16.7 Å². The van der Waals surface area contributed by atoms with Gasteiger partial charge in [-0.15, -0.1) is 0 Å². The second-order valence-electron chi connectivity index (χ2n) is 7.52. The number of hydrogen-bond acceptors (Lipinski definition) is 6. The van der Waals surface area contributed by atoms with E-state index in [4.69, 9.17) is 47.9 Å². The zero-order chi connectivity index (χ0) is 24.0. The lowest BCUT2D eigenvalue weighted by Crippen LogP contribution is -2.21. The average Bonchev–Trinajstić information content (AvgIpc) is 3.25. The summed E-state index contributed by atoms with van der Waals surface area (Å²) in [5, 5.41) is 10.8. The van der Waals surface area contributed by atoms with E-state index in [0.29, 0.717) is 47.6 Å². The standard InChI is InChI=1S/C24H14Br2Cl2N2O4/c25-15-4-12(5-16(26)23(15)31-9-11-1-2-17(27)18(28)3-11)22-13-6-20-21(33-10-32-20)7-19(13)34-24(30)14(22)8-29/h1-7,22H,9-10,30H2/t22-/m1/s1. The van der Waals surface area contributed by atoms with Gasteiger partial charge in [0.2, 0.25) is 12.7 Å². The predicted octanol–water partition coefficient (Wildman–Crippen LogP) is 7.04. The molecule has 5 rings (SSSR count). The van der Waals surface area contributed by atoms with Crippen molar-refractivity contribution in [3.8, 4) is 29.1 Å². The maximum absolute atomic E-state index is 9.87. The van der Waals surface area contributed by atoms with Crippen LogP contribution >= 0.6 is 55.1 Å². The van der Waals surface area contributed by atoms with E-state index >= 15 is 0 Å². The summed E-state index contributed by atoms with van der Waals surface area (Å²) in [4.78, 5) is 0. The van der Waals surface area contributed by atoms with E-state index < -0.39 is 5.92 Å². The Bertz CT molecular complexity index is 1380. The summed E-state index contributed by atoms with van der Waals surface area (Å²) in [5.41, 5.74) is 8.84. The Kier molecular flexibility index (Phi) is 6.30. The van der Waals surface area contributed by atoms with E-state index in [1.54, 1.807) is 18.2 Å². The van der Waals surface area contributed by atoms with Crippen LogP contribution in [-0.2, 0) is 6.61 Å². The Morgan fingerprint density at radius 1 is 1.00 bits per heavy atom. The largest absolute Gasteiger partial charge is 0.487 e. The molecule has 2 aliphatic heterocycles.